The van der Waals surface area contributed by atoms with E-state index in [2.05, 4.69) is 29.2 Å². The second kappa shape index (κ2) is 8.81. The summed E-state index contributed by atoms with van der Waals surface area (Å²) in [4.78, 5) is 25.2. The number of amides is 1. The number of carbonyl (C=O) groups is 1. The van der Waals surface area contributed by atoms with Crippen molar-refractivity contribution in [2.75, 3.05) is 19.6 Å². The molecule has 0 aromatic carbocycles. The molecule has 1 amide bonds. The van der Waals surface area contributed by atoms with Crippen LogP contribution < -0.4 is 5.32 Å². The summed E-state index contributed by atoms with van der Waals surface area (Å²) in [6, 6.07) is 3.28. The topological polar surface area (TPSA) is 106 Å². The Balaban J connectivity index is 2.03. The zero-order valence-electron chi connectivity index (χ0n) is 16.5. The fourth-order valence-electron chi connectivity index (χ4n) is 3.05. The fraction of sp³-hybridized carbons (Fsp3) is 0.556. The molecular weight excluding hydrogens is 350 g/mol. The average molecular weight is 377 g/mol. The first-order valence-electron chi connectivity index (χ1n) is 9.07. The lowest BCUT2D eigenvalue weighted by atomic mass is 10.3. The van der Waals surface area contributed by atoms with Crippen LogP contribution in [0.25, 0.3) is 0 Å². The molecule has 0 aliphatic rings. The van der Waals surface area contributed by atoms with Gasteiger partial charge < -0.3 is 14.6 Å². The zero-order chi connectivity index (χ0) is 20.1. The normalized spacial score (nSPS) is 12.4. The Labute approximate surface area is 158 Å². The smallest absolute Gasteiger partial charge is 0.312 e. The summed E-state index contributed by atoms with van der Waals surface area (Å²) in [5, 5.41) is 18.2. The van der Waals surface area contributed by atoms with Gasteiger partial charge in [-0.15, -0.1) is 0 Å². The number of rotatable bonds is 9. The van der Waals surface area contributed by atoms with E-state index in [4.69, 9.17) is 4.42 Å². The number of nitrogens with one attached hydrogen (secondary N) is 1. The Hall–Kier alpha value is -2.68. The maximum absolute atomic E-state index is 12.4. The second-order valence-corrected chi connectivity index (χ2v) is 6.56. The maximum Gasteiger partial charge on any atom is 0.312 e. The van der Waals surface area contributed by atoms with Gasteiger partial charge in [0.05, 0.1) is 11.5 Å². The second-order valence-electron chi connectivity index (χ2n) is 6.56. The molecular formula is C18H27N5O4. The number of hydrogen-bond donors (Lipinski definition) is 1. The Morgan fingerprint density at radius 3 is 2.59 bits per heavy atom. The SMILES string of the molecule is CCN(CC)C[C@@H](C)NC(=O)c1ccc(Cn2nc(C)c([N+](=O)[O-])c2C)o1. The Bertz CT molecular complexity index is 807. The van der Waals surface area contributed by atoms with Crippen LogP contribution in [-0.2, 0) is 6.54 Å². The number of nitrogens with zero attached hydrogens (tertiary/aromatic N) is 4. The van der Waals surface area contributed by atoms with Crippen LogP contribution in [0.15, 0.2) is 16.5 Å². The van der Waals surface area contributed by atoms with Crippen LogP contribution in [-0.4, -0.2) is 51.2 Å². The van der Waals surface area contributed by atoms with Crippen LogP contribution in [0.2, 0.25) is 0 Å². The number of hydrogen-bond acceptors (Lipinski definition) is 6. The highest BCUT2D eigenvalue weighted by molar-refractivity contribution is 5.91. The average Bonchev–Trinajstić information content (AvgIpc) is 3.17. The summed E-state index contributed by atoms with van der Waals surface area (Å²) >= 11 is 0. The minimum atomic E-state index is -0.438. The van der Waals surface area contributed by atoms with Gasteiger partial charge in [0, 0.05) is 12.6 Å². The lowest BCUT2D eigenvalue weighted by Gasteiger charge is -2.23. The predicted octanol–water partition coefficient (Wildman–Crippen LogP) is 2.51. The summed E-state index contributed by atoms with van der Waals surface area (Å²) in [7, 11) is 0. The number of aryl methyl sites for hydroxylation is 1. The summed E-state index contributed by atoms with van der Waals surface area (Å²) in [5.74, 6) is 0.449. The van der Waals surface area contributed by atoms with E-state index in [0.29, 0.717) is 17.1 Å². The molecule has 9 heteroatoms. The third-order valence-corrected chi connectivity index (χ3v) is 4.52. The standard InChI is InChI=1S/C18H27N5O4/c1-6-21(7-2)10-12(3)19-18(24)16-9-8-15(27-16)11-22-14(5)17(23(25)26)13(4)20-22/h8-9,12H,6-7,10-11H2,1-5H3,(H,19,24)/t12-/m1/s1. The van der Waals surface area contributed by atoms with E-state index in [0.717, 1.165) is 19.6 Å². The Morgan fingerprint density at radius 2 is 2.04 bits per heavy atom. The minimum Gasteiger partial charge on any atom is -0.454 e. The predicted molar refractivity (Wildman–Crippen MR) is 101 cm³/mol. The molecule has 9 nitrogen and oxygen atoms in total. The third kappa shape index (κ3) is 4.94. The molecule has 0 aliphatic carbocycles. The number of furan rings is 1. The maximum atomic E-state index is 12.4. The summed E-state index contributed by atoms with van der Waals surface area (Å²) in [5.41, 5.74) is 0.810. The van der Waals surface area contributed by atoms with Crippen molar-refractivity contribution >= 4 is 11.6 Å². The van der Waals surface area contributed by atoms with Crippen molar-refractivity contribution in [2.45, 2.75) is 47.2 Å². The van der Waals surface area contributed by atoms with Gasteiger partial charge in [-0.2, -0.15) is 5.10 Å². The van der Waals surface area contributed by atoms with E-state index >= 15 is 0 Å². The molecule has 1 N–H and O–H groups in total. The lowest BCUT2D eigenvalue weighted by molar-refractivity contribution is -0.386. The number of carbonyl (C=O) groups excluding carboxylic acids is 1. The molecule has 0 saturated carbocycles. The molecule has 1 atom stereocenters. The van der Waals surface area contributed by atoms with Gasteiger partial charge in [0.25, 0.3) is 5.91 Å². The first-order valence-corrected chi connectivity index (χ1v) is 9.07. The van der Waals surface area contributed by atoms with Gasteiger partial charge in [-0.1, -0.05) is 13.8 Å². The van der Waals surface area contributed by atoms with Crippen molar-refractivity contribution in [1.82, 2.24) is 20.0 Å². The Kier molecular flexibility index (Phi) is 6.73. The highest BCUT2D eigenvalue weighted by atomic mass is 16.6. The molecule has 2 aromatic rings. The highest BCUT2D eigenvalue weighted by Crippen LogP contribution is 2.23. The van der Waals surface area contributed by atoms with Gasteiger partial charge in [0.15, 0.2) is 5.76 Å². The van der Waals surface area contributed by atoms with Gasteiger partial charge in [0.1, 0.15) is 17.1 Å². The summed E-state index contributed by atoms with van der Waals surface area (Å²) < 4.78 is 7.13. The number of likely N-dealkylation sites (N-methyl/N-ethyl adjacent to an activating group) is 1. The van der Waals surface area contributed by atoms with Crippen LogP contribution >= 0.6 is 0 Å². The monoisotopic (exact) mass is 377 g/mol. The summed E-state index contributed by atoms with van der Waals surface area (Å²) in [6.07, 6.45) is 0. The fourth-order valence-corrected chi connectivity index (χ4v) is 3.05. The van der Waals surface area contributed by atoms with Crippen LogP contribution in [0, 0.1) is 24.0 Å². The van der Waals surface area contributed by atoms with E-state index in [1.165, 1.54) is 4.68 Å². The van der Waals surface area contributed by atoms with Crippen molar-refractivity contribution in [3.05, 3.63) is 45.2 Å². The van der Waals surface area contributed by atoms with Crippen molar-refractivity contribution in [1.29, 1.82) is 0 Å². The van der Waals surface area contributed by atoms with E-state index in [9.17, 15) is 14.9 Å². The van der Waals surface area contributed by atoms with E-state index in [1.807, 2.05) is 6.92 Å². The van der Waals surface area contributed by atoms with Gasteiger partial charge in [-0.05, 0) is 46.0 Å². The molecule has 2 heterocycles. The largest absolute Gasteiger partial charge is 0.454 e. The molecule has 0 aliphatic heterocycles. The summed E-state index contributed by atoms with van der Waals surface area (Å²) in [6.45, 7) is 12.2. The molecule has 148 valence electrons. The van der Waals surface area contributed by atoms with Crippen molar-refractivity contribution in [3.63, 3.8) is 0 Å². The Morgan fingerprint density at radius 1 is 1.37 bits per heavy atom. The zero-order valence-corrected chi connectivity index (χ0v) is 16.5. The van der Waals surface area contributed by atoms with Crippen LogP contribution in [0.4, 0.5) is 5.69 Å². The molecule has 2 rings (SSSR count). The van der Waals surface area contributed by atoms with Crippen LogP contribution in [0.5, 0.6) is 0 Å². The molecule has 0 radical (unpaired) electrons. The molecule has 0 saturated heterocycles. The van der Waals surface area contributed by atoms with E-state index in [-0.39, 0.29) is 29.9 Å². The minimum absolute atomic E-state index is 0.00440. The highest BCUT2D eigenvalue weighted by Gasteiger charge is 2.22. The first-order chi connectivity index (χ1) is 12.8. The van der Waals surface area contributed by atoms with Crippen LogP contribution in [0.1, 0.15) is 48.5 Å². The first kappa shape index (κ1) is 20.6. The molecule has 0 spiro atoms. The van der Waals surface area contributed by atoms with Crippen molar-refractivity contribution < 1.29 is 14.1 Å². The quantitative estimate of drug-likeness (QED) is 0.531. The van der Waals surface area contributed by atoms with E-state index in [1.54, 1.807) is 26.0 Å². The van der Waals surface area contributed by atoms with Crippen LogP contribution in [0.3, 0.4) is 0 Å². The molecule has 0 fully saturated rings. The molecule has 27 heavy (non-hydrogen) atoms. The third-order valence-electron chi connectivity index (χ3n) is 4.52. The van der Waals surface area contributed by atoms with Crippen molar-refractivity contribution in [2.24, 2.45) is 0 Å². The van der Waals surface area contributed by atoms with Gasteiger partial charge >= 0.3 is 5.69 Å². The molecule has 2 aromatic heterocycles. The molecule has 0 unspecified atom stereocenters. The number of aromatic nitrogens is 2. The van der Waals surface area contributed by atoms with E-state index < -0.39 is 4.92 Å². The van der Waals surface area contributed by atoms with Gasteiger partial charge in [-0.3, -0.25) is 19.6 Å². The molecule has 0 bridgehead atoms. The van der Waals surface area contributed by atoms with Crippen molar-refractivity contribution in [3.8, 4) is 0 Å². The lowest BCUT2D eigenvalue weighted by Crippen LogP contribution is -2.41. The van der Waals surface area contributed by atoms with Gasteiger partial charge in [0.2, 0.25) is 0 Å². The number of nitro groups is 1. The van der Waals surface area contributed by atoms with Gasteiger partial charge in [-0.25, -0.2) is 0 Å².